The third kappa shape index (κ3) is 2.61. The summed E-state index contributed by atoms with van der Waals surface area (Å²) in [4.78, 5) is 11.4. The van der Waals surface area contributed by atoms with E-state index >= 15 is 0 Å². The number of aromatic hydroxyl groups is 1. The molecule has 0 saturated carbocycles. The van der Waals surface area contributed by atoms with Gasteiger partial charge in [0.1, 0.15) is 11.5 Å². The van der Waals surface area contributed by atoms with Crippen molar-refractivity contribution in [3.63, 3.8) is 0 Å². The first-order valence-electron chi connectivity index (χ1n) is 4.78. The van der Waals surface area contributed by atoms with E-state index in [-0.39, 0.29) is 11.7 Å². The lowest BCUT2D eigenvalue weighted by Crippen LogP contribution is -2.10. The molecule has 0 spiro atoms. The third-order valence-corrected chi connectivity index (χ3v) is 3.06. The van der Waals surface area contributed by atoms with Gasteiger partial charge in [-0.2, -0.15) is 0 Å². The summed E-state index contributed by atoms with van der Waals surface area (Å²) in [5, 5.41) is 9.89. The molecule has 0 bridgehead atoms. The maximum atomic E-state index is 10.8. The predicted molar refractivity (Wildman–Crippen MR) is 63.8 cm³/mol. The van der Waals surface area contributed by atoms with Crippen LogP contribution in [-0.2, 0) is 4.79 Å². The van der Waals surface area contributed by atoms with Crippen LogP contribution in [0.15, 0.2) is 11.0 Å². The van der Waals surface area contributed by atoms with Crippen LogP contribution in [0.25, 0.3) is 0 Å². The minimum absolute atomic E-state index is 0.140. The molecule has 1 amide bonds. The molecule has 88 valence electrons. The van der Waals surface area contributed by atoms with Crippen molar-refractivity contribution in [3.05, 3.63) is 17.2 Å². The quantitative estimate of drug-likeness (QED) is 0.796. The molecule has 0 atom stereocenters. The van der Waals surface area contributed by atoms with Crippen molar-refractivity contribution < 1.29 is 14.6 Å². The molecule has 1 rings (SSSR count). The summed E-state index contributed by atoms with van der Waals surface area (Å²) < 4.78 is 7.75. The van der Waals surface area contributed by atoms with Crippen molar-refractivity contribution in [2.24, 2.45) is 0 Å². The average Bonchev–Trinajstić information content (AvgIpc) is 2.22. The van der Waals surface area contributed by atoms with Gasteiger partial charge in [0.2, 0.25) is 5.91 Å². The Morgan fingerprint density at radius 3 is 2.62 bits per heavy atom. The Morgan fingerprint density at radius 1 is 1.50 bits per heavy atom. The summed E-state index contributed by atoms with van der Waals surface area (Å²) in [6, 6.07) is 1.78. The second-order valence-electron chi connectivity index (χ2n) is 3.46. The van der Waals surface area contributed by atoms with Gasteiger partial charge in [0.05, 0.1) is 12.0 Å². The summed E-state index contributed by atoms with van der Waals surface area (Å²) in [5.41, 5.74) is 1.60. The molecule has 16 heavy (non-hydrogen) atoms. The molecular formula is C11H15NO3S. The molecule has 0 aliphatic carbocycles. The molecule has 0 aromatic heterocycles. The van der Waals surface area contributed by atoms with Gasteiger partial charge in [-0.3, -0.25) is 9.52 Å². The maximum Gasteiger partial charge on any atom is 0.226 e. The monoisotopic (exact) mass is 241 g/mol. The zero-order chi connectivity index (χ0) is 12.3. The molecule has 0 fully saturated rings. The number of ether oxygens (including phenoxy) is 1. The number of hydrogen-bond donors (Lipinski definition) is 2. The van der Waals surface area contributed by atoms with Crippen LogP contribution in [0.3, 0.4) is 0 Å². The largest absolute Gasteiger partial charge is 0.506 e. The Hall–Kier alpha value is -1.36. The molecule has 5 heteroatoms. The highest BCUT2D eigenvalue weighted by Crippen LogP contribution is 2.37. The highest BCUT2D eigenvalue weighted by atomic mass is 32.2. The van der Waals surface area contributed by atoms with Gasteiger partial charge in [0.25, 0.3) is 0 Å². The number of hydrogen-bond acceptors (Lipinski definition) is 4. The zero-order valence-corrected chi connectivity index (χ0v) is 10.6. The molecule has 0 radical (unpaired) electrons. The van der Waals surface area contributed by atoms with Gasteiger partial charge in [-0.1, -0.05) is 0 Å². The first-order chi connectivity index (χ1) is 7.47. The van der Waals surface area contributed by atoms with Crippen molar-refractivity contribution in [2.75, 3.05) is 7.11 Å². The second kappa shape index (κ2) is 5.12. The van der Waals surface area contributed by atoms with Crippen LogP contribution in [0, 0.1) is 13.8 Å². The van der Waals surface area contributed by atoms with Crippen LogP contribution in [0.1, 0.15) is 18.1 Å². The molecule has 4 nitrogen and oxygen atoms in total. The van der Waals surface area contributed by atoms with Crippen molar-refractivity contribution in [1.29, 1.82) is 0 Å². The summed E-state index contributed by atoms with van der Waals surface area (Å²) in [7, 11) is 1.56. The van der Waals surface area contributed by atoms with Gasteiger partial charge < -0.3 is 9.84 Å². The third-order valence-electron chi connectivity index (χ3n) is 2.14. The van der Waals surface area contributed by atoms with Gasteiger partial charge in [-0.15, -0.1) is 0 Å². The molecule has 0 unspecified atom stereocenters. The minimum atomic E-state index is -0.157. The molecule has 2 N–H and O–H groups in total. The van der Waals surface area contributed by atoms with Crippen molar-refractivity contribution in [1.82, 2.24) is 4.72 Å². The maximum absolute atomic E-state index is 10.8. The van der Waals surface area contributed by atoms with E-state index in [1.165, 1.54) is 6.92 Å². The smallest absolute Gasteiger partial charge is 0.226 e. The van der Waals surface area contributed by atoms with Crippen LogP contribution in [0.4, 0.5) is 0 Å². The highest BCUT2D eigenvalue weighted by molar-refractivity contribution is 7.98. The lowest BCUT2D eigenvalue weighted by Gasteiger charge is -2.13. The Labute approximate surface area is 99.1 Å². The number of nitrogens with one attached hydrogen (secondary N) is 1. The first kappa shape index (κ1) is 12.7. The molecule has 0 aliphatic rings. The summed E-state index contributed by atoms with van der Waals surface area (Å²) in [5.74, 6) is 0.654. The zero-order valence-electron chi connectivity index (χ0n) is 9.75. The topological polar surface area (TPSA) is 58.6 Å². The van der Waals surface area contributed by atoms with E-state index in [1.807, 2.05) is 6.92 Å². The van der Waals surface area contributed by atoms with Crippen molar-refractivity contribution in [2.45, 2.75) is 25.7 Å². The number of amides is 1. The number of phenolic OH excluding ortho intramolecular Hbond substituents is 1. The minimum Gasteiger partial charge on any atom is -0.506 e. The van der Waals surface area contributed by atoms with Gasteiger partial charge in [0.15, 0.2) is 0 Å². The van der Waals surface area contributed by atoms with Crippen LogP contribution >= 0.6 is 11.9 Å². The van der Waals surface area contributed by atoms with Crippen LogP contribution in [0.5, 0.6) is 11.5 Å². The molecule has 1 aromatic rings. The Morgan fingerprint density at radius 2 is 2.12 bits per heavy atom. The van der Waals surface area contributed by atoms with E-state index in [1.54, 1.807) is 20.1 Å². The van der Waals surface area contributed by atoms with Crippen LogP contribution < -0.4 is 9.46 Å². The number of aryl methyl sites for hydroxylation is 1. The molecule has 0 heterocycles. The Kier molecular flexibility index (Phi) is 4.06. The first-order valence-corrected chi connectivity index (χ1v) is 5.59. The fourth-order valence-electron chi connectivity index (χ4n) is 1.44. The van der Waals surface area contributed by atoms with E-state index in [4.69, 9.17) is 4.74 Å². The van der Waals surface area contributed by atoms with E-state index in [9.17, 15) is 9.90 Å². The molecule has 0 aliphatic heterocycles. The van der Waals surface area contributed by atoms with Gasteiger partial charge in [0, 0.05) is 12.5 Å². The molecular weight excluding hydrogens is 226 g/mol. The van der Waals surface area contributed by atoms with Crippen molar-refractivity contribution in [3.8, 4) is 11.5 Å². The van der Waals surface area contributed by atoms with Crippen LogP contribution in [-0.4, -0.2) is 18.1 Å². The fraction of sp³-hybridized carbons (Fsp3) is 0.364. The normalized spacial score (nSPS) is 10.0. The SMILES string of the molecule is COc1c(C)cc(SNC(C)=O)c(O)c1C. The fourth-order valence-corrected chi connectivity index (χ4v) is 2.18. The average molecular weight is 241 g/mol. The van der Waals surface area contributed by atoms with E-state index in [2.05, 4.69) is 4.72 Å². The summed E-state index contributed by atoms with van der Waals surface area (Å²) >= 11 is 1.10. The lowest BCUT2D eigenvalue weighted by molar-refractivity contribution is -0.117. The molecule has 0 saturated heterocycles. The Balaban J connectivity index is 3.08. The second-order valence-corrected chi connectivity index (χ2v) is 4.31. The predicted octanol–water partition coefficient (Wildman–Crippen LogP) is 2.16. The standard InChI is InChI=1S/C11H15NO3S/c1-6-5-9(16-12-8(3)13)10(14)7(2)11(6)15-4/h5,14H,1-4H3,(H,12,13). The lowest BCUT2D eigenvalue weighted by atomic mass is 10.1. The van der Waals surface area contributed by atoms with Gasteiger partial charge in [-0.25, -0.2) is 0 Å². The number of phenols is 1. The van der Waals surface area contributed by atoms with E-state index < -0.39 is 0 Å². The summed E-state index contributed by atoms with van der Waals surface area (Å²) in [6.07, 6.45) is 0. The number of benzene rings is 1. The number of carbonyl (C=O) groups excluding carboxylic acids is 1. The Bertz CT molecular complexity index is 418. The number of rotatable bonds is 3. The number of carbonyl (C=O) groups is 1. The van der Waals surface area contributed by atoms with Crippen LogP contribution in [0.2, 0.25) is 0 Å². The van der Waals surface area contributed by atoms with E-state index in [0.717, 1.165) is 17.5 Å². The van der Waals surface area contributed by atoms with Crippen molar-refractivity contribution >= 4 is 17.9 Å². The van der Waals surface area contributed by atoms with Gasteiger partial charge >= 0.3 is 0 Å². The molecule has 1 aromatic carbocycles. The highest BCUT2D eigenvalue weighted by Gasteiger charge is 2.13. The summed E-state index contributed by atoms with van der Waals surface area (Å²) in [6.45, 7) is 5.09. The van der Waals surface area contributed by atoms with Gasteiger partial charge in [-0.05, 0) is 37.4 Å². The number of methoxy groups -OCH3 is 1. The van der Waals surface area contributed by atoms with E-state index in [0.29, 0.717) is 16.2 Å².